The smallest absolute Gasteiger partial charge is 0.186 e. The molecule has 0 saturated heterocycles. The van der Waals surface area contributed by atoms with Gasteiger partial charge in [-0.1, -0.05) is 30.3 Å². The predicted molar refractivity (Wildman–Crippen MR) is 91.2 cm³/mol. The number of hydrogen-bond acceptors (Lipinski definition) is 2. The van der Waals surface area contributed by atoms with Crippen molar-refractivity contribution in [3.63, 3.8) is 0 Å². The topological polar surface area (TPSA) is 34.1 Å². The molecule has 0 radical (unpaired) electrons. The van der Waals surface area contributed by atoms with Gasteiger partial charge in [-0.3, -0.25) is 9.00 Å². The van der Waals surface area contributed by atoms with Gasteiger partial charge in [-0.05, 0) is 56.4 Å². The van der Waals surface area contributed by atoms with Crippen LogP contribution in [0.3, 0.4) is 0 Å². The first kappa shape index (κ1) is 16.2. The minimum atomic E-state index is -2.16. The molecule has 0 heterocycles. The summed E-state index contributed by atoms with van der Waals surface area (Å²) in [4.78, 5) is 12.3. The van der Waals surface area contributed by atoms with Crippen molar-refractivity contribution < 1.29 is 13.4 Å². The monoisotopic (exact) mass is 316 g/mol. The number of carbonyl (C=O) groups excluding carboxylic acids is 1. The maximum Gasteiger partial charge on any atom is 0.186 e. The summed E-state index contributed by atoms with van der Waals surface area (Å²) in [6.45, 7) is 0. The molecule has 0 bridgehead atoms. The van der Waals surface area contributed by atoms with E-state index < -0.39 is 9.52 Å². The second-order valence-electron chi connectivity index (χ2n) is 5.26. The lowest BCUT2D eigenvalue weighted by molar-refractivity contribution is 0.104. The molecule has 2 aromatic rings. The summed E-state index contributed by atoms with van der Waals surface area (Å²) in [7, 11) is -2.16. The van der Waals surface area contributed by atoms with Crippen LogP contribution in [0.5, 0.6) is 0 Å². The van der Waals surface area contributed by atoms with Crippen molar-refractivity contribution in [2.75, 3.05) is 12.5 Å². The first-order valence-electron chi connectivity index (χ1n) is 6.71. The molecular formula is C18H17FO2S. The van der Waals surface area contributed by atoms with Crippen molar-refractivity contribution in [2.45, 2.75) is 0 Å². The fourth-order valence-corrected chi connectivity index (χ4v) is 2.78. The van der Waals surface area contributed by atoms with E-state index in [0.29, 0.717) is 11.1 Å². The minimum Gasteiger partial charge on any atom is -0.289 e. The number of allylic oxidation sites excluding steroid dienone is 2. The average Bonchev–Trinajstić information content (AvgIpc) is 2.47. The molecule has 2 nitrogen and oxygen atoms in total. The van der Waals surface area contributed by atoms with E-state index in [-0.39, 0.29) is 11.6 Å². The average molecular weight is 316 g/mol. The standard InChI is InChI=1S/C18H17FO2S/c1-22(2,21)13-16(14-6-4-3-5-7-14)12-18(20)15-8-10-17(19)11-9-15/h3-13H,1-2H3/b16-12+. The van der Waals surface area contributed by atoms with Crippen LogP contribution in [0.1, 0.15) is 15.9 Å². The lowest BCUT2D eigenvalue weighted by atomic mass is 10.0. The maximum absolute atomic E-state index is 12.9. The van der Waals surface area contributed by atoms with Crippen LogP contribution in [0.25, 0.3) is 5.57 Å². The highest BCUT2D eigenvalue weighted by atomic mass is 32.2. The Bertz CT molecular complexity index is 804. The summed E-state index contributed by atoms with van der Waals surface area (Å²) in [5.41, 5.74) is 1.81. The van der Waals surface area contributed by atoms with Gasteiger partial charge < -0.3 is 0 Å². The SMILES string of the molecule is CS(C)(=O)=C/C(=C\C(=O)c1ccc(F)cc1)c1ccccc1. The molecule has 0 unspecified atom stereocenters. The molecule has 0 spiro atoms. The van der Waals surface area contributed by atoms with Crippen LogP contribution in [-0.4, -0.2) is 27.9 Å². The maximum atomic E-state index is 12.9. The highest BCUT2D eigenvalue weighted by Crippen LogP contribution is 2.15. The van der Waals surface area contributed by atoms with Crippen LogP contribution in [0.15, 0.2) is 60.7 Å². The summed E-state index contributed by atoms with van der Waals surface area (Å²) in [5, 5.41) is 1.60. The molecule has 0 aromatic heterocycles. The van der Waals surface area contributed by atoms with E-state index in [9.17, 15) is 13.4 Å². The van der Waals surface area contributed by atoms with Crippen molar-refractivity contribution in [1.82, 2.24) is 0 Å². The van der Waals surface area contributed by atoms with E-state index in [0.717, 1.165) is 5.56 Å². The highest BCUT2D eigenvalue weighted by Gasteiger charge is 2.07. The van der Waals surface area contributed by atoms with Crippen LogP contribution in [0, 0.1) is 5.82 Å². The second-order valence-corrected chi connectivity index (χ2v) is 8.12. The van der Waals surface area contributed by atoms with Gasteiger partial charge in [0.2, 0.25) is 0 Å². The summed E-state index contributed by atoms with van der Waals surface area (Å²) in [5.74, 6) is -0.640. The zero-order valence-corrected chi connectivity index (χ0v) is 13.3. The quantitative estimate of drug-likeness (QED) is 0.492. The van der Waals surface area contributed by atoms with Crippen molar-refractivity contribution in [2.24, 2.45) is 0 Å². The van der Waals surface area contributed by atoms with Gasteiger partial charge in [-0.15, -0.1) is 0 Å². The number of rotatable bonds is 4. The molecule has 0 fully saturated rings. The number of ketones is 1. The Morgan fingerprint density at radius 1 is 0.955 bits per heavy atom. The Morgan fingerprint density at radius 3 is 2.09 bits per heavy atom. The Hall–Kier alpha value is -2.20. The molecule has 22 heavy (non-hydrogen) atoms. The molecule has 2 rings (SSSR count). The Morgan fingerprint density at radius 2 is 1.55 bits per heavy atom. The Labute approximate surface area is 130 Å². The molecule has 2 aromatic carbocycles. The molecule has 0 N–H and O–H groups in total. The van der Waals surface area contributed by atoms with Crippen molar-refractivity contribution in [3.8, 4) is 0 Å². The first-order valence-corrected chi connectivity index (χ1v) is 9.15. The van der Waals surface area contributed by atoms with Crippen molar-refractivity contribution in [1.29, 1.82) is 0 Å². The van der Waals surface area contributed by atoms with Crippen LogP contribution in [-0.2, 0) is 9.52 Å². The summed E-state index contributed by atoms with van der Waals surface area (Å²) < 4.78 is 25.0. The molecule has 0 saturated carbocycles. The van der Waals surface area contributed by atoms with Gasteiger partial charge in [0.1, 0.15) is 5.82 Å². The van der Waals surface area contributed by atoms with Gasteiger partial charge in [-0.2, -0.15) is 0 Å². The summed E-state index contributed by atoms with van der Waals surface area (Å²) in [6.07, 6.45) is 4.67. The molecule has 114 valence electrons. The zero-order valence-electron chi connectivity index (χ0n) is 12.5. The summed E-state index contributed by atoms with van der Waals surface area (Å²) in [6, 6.07) is 14.7. The Kier molecular flexibility index (Phi) is 4.93. The molecular weight excluding hydrogens is 299 g/mol. The Balaban J connectivity index is 2.47. The number of benzene rings is 2. The van der Waals surface area contributed by atoms with Gasteiger partial charge in [0.05, 0.1) is 0 Å². The van der Waals surface area contributed by atoms with E-state index in [1.807, 2.05) is 30.3 Å². The van der Waals surface area contributed by atoms with Crippen molar-refractivity contribution >= 4 is 26.2 Å². The highest BCUT2D eigenvalue weighted by molar-refractivity contribution is 8.00. The van der Waals surface area contributed by atoms with E-state index in [2.05, 4.69) is 0 Å². The molecule has 0 aliphatic rings. The molecule has 4 heteroatoms. The van der Waals surface area contributed by atoms with E-state index in [1.54, 1.807) is 17.9 Å². The fourth-order valence-electron chi connectivity index (χ4n) is 1.96. The van der Waals surface area contributed by atoms with Crippen LogP contribution < -0.4 is 0 Å². The van der Waals surface area contributed by atoms with E-state index in [4.69, 9.17) is 0 Å². The van der Waals surface area contributed by atoms with Gasteiger partial charge >= 0.3 is 0 Å². The predicted octanol–water partition coefficient (Wildman–Crippen LogP) is 3.44. The fraction of sp³-hybridized carbons (Fsp3) is 0.111. The first-order chi connectivity index (χ1) is 10.3. The van der Waals surface area contributed by atoms with Crippen molar-refractivity contribution in [3.05, 3.63) is 77.6 Å². The number of halogens is 1. The lowest BCUT2D eigenvalue weighted by Crippen LogP contribution is -2.03. The largest absolute Gasteiger partial charge is 0.289 e. The van der Waals surface area contributed by atoms with Gasteiger partial charge in [0.15, 0.2) is 5.78 Å². The third-order valence-electron chi connectivity index (χ3n) is 2.93. The van der Waals surface area contributed by atoms with E-state index >= 15 is 0 Å². The van der Waals surface area contributed by atoms with Crippen LogP contribution in [0.4, 0.5) is 4.39 Å². The van der Waals surface area contributed by atoms with Gasteiger partial charge in [0.25, 0.3) is 0 Å². The number of hydrogen-bond donors (Lipinski definition) is 0. The zero-order chi connectivity index (χ0) is 16.2. The van der Waals surface area contributed by atoms with Crippen LogP contribution >= 0.6 is 0 Å². The molecule has 0 aliphatic heterocycles. The normalized spacial score (nSPS) is 12.0. The molecule has 0 aliphatic carbocycles. The van der Waals surface area contributed by atoms with E-state index in [1.165, 1.54) is 30.3 Å². The third-order valence-corrected chi connectivity index (χ3v) is 3.75. The van der Waals surface area contributed by atoms with Gasteiger partial charge in [-0.25, -0.2) is 4.39 Å². The third kappa shape index (κ3) is 4.67. The molecule has 0 amide bonds. The second kappa shape index (κ2) is 6.71. The minimum absolute atomic E-state index is 0.251. The summed E-state index contributed by atoms with van der Waals surface area (Å²) >= 11 is 0. The lowest BCUT2D eigenvalue weighted by Gasteiger charge is -2.05. The van der Waals surface area contributed by atoms with Crippen LogP contribution in [0.2, 0.25) is 0 Å². The number of carbonyl (C=O) groups is 1. The van der Waals surface area contributed by atoms with Gasteiger partial charge in [0, 0.05) is 18.1 Å². The molecule has 0 atom stereocenters.